The number of ether oxygens (including phenoxy) is 2. The molecule has 0 bridgehead atoms. The van der Waals surface area contributed by atoms with E-state index < -0.39 is 11.9 Å². The molecule has 4 nitrogen and oxygen atoms in total. The summed E-state index contributed by atoms with van der Waals surface area (Å²) in [5.74, 6) is 3.88. The third-order valence-corrected chi connectivity index (χ3v) is 1.03. The van der Waals surface area contributed by atoms with Crippen molar-refractivity contribution in [3.8, 4) is 11.8 Å². The van der Waals surface area contributed by atoms with Crippen LogP contribution in [0, 0.1) is 11.8 Å². The van der Waals surface area contributed by atoms with Crippen molar-refractivity contribution in [3.05, 3.63) is 25.3 Å². The fourth-order valence-corrected chi connectivity index (χ4v) is 0.434. The summed E-state index contributed by atoms with van der Waals surface area (Å²) in [6.07, 6.45) is 2.08. The molecular formula is C10H10O4. The molecule has 0 aliphatic heterocycles. The first-order valence-electron chi connectivity index (χ1n) is 3.74. The minimum atomic E-state index is -0.539. The van der Waals surface area contributed by atoms with Crippen LogP contribution >= 0.6 is 0 Å². The van der Waals surface area contributed by atoms with Gasteiger partial charge < -0.3 is 9.47 Å². The van der Waals surface area contributed by atoms with Crippen molar-refractivity contribution in [2.45, 2.75) is 0 Å². The van der Waals surface area contributed by atoms with Crippen molar-refractivity contribution < 1.29 is 19.1 Å². The average Bonchev–Trinajstić information content (AvgIpc) is 2.22. The van der Waals surface area contributed by atoms with E-state index in [0.29, 0.717) is 0 Å². The van der Waals surface area contributed by atoms with Crippen LogP contribution < -0.4 is 0 Å². The second-order valence-corrected chi connectivity index (χ2v) is 1.98. The summed E-state index contributed by atoms with van der Waals surface area (Å²) in [7, 11) is 0. The predicted octanol–water partition coefficient (Wildman–Crippen LogP) is 0.448. The lowest BCUT2D eigenvalue weighted by Gasteiger charge is -1.93. The van der Waals surface area contributed by atoms with Gasteiger partial charge in [0.1, 0.15) is 0 Å². The molecule has 0 unspecified atom stereocenters. The summed E-state index contributed by atoms with van der Waals surface area (Å²) in [5.41, 5.74) is 0. The molecule has 4 heteroatoms. The predicted molar refractivity (Wildman–Crippen MR) is 50.1 cm³/mol. The molecule has 0 radical (unpaired) electrons. The smallest absolute Gasteiger partial charge is 0.331 e. The average molecular weight is 194 g/mol. The maximum atomic E-state index is 10.5. The molecular weight excluding hydrogens is 184 g/mol. The molecule has 0 rings (SSSR count). The van der Waals surface area contributed by atoms with Crippen LogP contribution in [0.3, 0.4) is 0 Å². The SMILES string of the molecule is C=CC(=O)OCC#CCOC(=O)C=C. The third kappa shape index (κ3) is 6.68. The molecule has 0 aromatic heterocycles. The molecule has 0 fully saturated rings. The Balaban J connectivity index is 3.54. The number of esters is 2. The standard InChI is InChI=1S/C10H10O4/c1-3-9(11)13-7-5-6-8-14-10(12)4-2/h3-4H,1-2,7-8H2. The van der Waals surface area contributed by atoms with Gasteiger partial charge in [-0.25, -0.2) is 9.59 Å². The molecule has 0 N–H and O–H groups in total. The highest BCUT2D eigenvalue weighted by Gasteiger charge is 1.91. The molecule has 74 valence electrons. The molecule has 0 spiro atoms. The fraction of sp³-hybridized carbons (Fsp3) is 0.200. The monoisotopic (exact) mass is 194 g/mol. The first kappa shape index (κ1) is 12.0. The van der Waals surface area contributed by atoms with Gasteiger partial charge in [-0.2, -0.15) is 0 Å². The number of rotatable bonds is 4. The van der Waals surface area contributed by atoms with Gasteiger partial charge in [0.15, 0.2) is 13.2 Å². The Kier molecular flexibility index (Phi) is 6.52. The number of hydrogen-bond donors (Lipinski definition) is 0. The molecule has 0 saturated heterocycles. The first-order chi connectivity index (χ1) is 6.70. The van der Waals surface area contributed by atoms with Crippen molar-refractivity contribution in [2.75, 3.05) is 13.2 Å². The topological polar surface area (TPSA) is 52.6 Å². The lowest BCUT2D eigenvalue weighted by molar-refractivity contribution is -0.137. The zero-order chi connectivity index (χ0) is 10.8. The molecule has 0 aliphatic carbocycles. The van der Waals surface area contributed by atoms with Crippen LogP contribution in [0.4, 0.5) is 0 Å². The molecule has 0 heterocycles. The van der Waals surface area contributed by atoms with Crippen LogP contribution in [0.2, 0.25) is 0 Å². The summed E-state index contributed by atoms with van der Waals surface area (Å²) >= 11 is 0. The minimum absolute atomic E-state index is 0.0451. The lowest BCUT2D eigenvalue weighted by Crippen LogP contribution is -2.01. The zero-order valence-electron chi connectivity index (χ0n) is 7.62. The van der Waals surface area contributed by atoms with Gasteiger partial charge in [0.25, 0.3) is 0 Å². The maximum absolute atomic E-state index is 10.5. The van der Waals surface area contributed by atoms with Gasteiger partial charge in [-0.3, -0.25) is 0 Å². The summed E-state index contributed by atoms with van der Waals surface area (Å²) in [4.78, 5) is 21.0. The van der Waals surface area contributed by atoms with Gasteiger partial charge in [0.2, 0.25) is 0 Å². The Morgan fingerprint density at radius 2 is 1.36 bits per heavy atom. The maximum Gasteiger partial charge on any atom is 0.331 e. The highest BCUT2D eigenvalue weighted by molar-refractivity contribution is 5.81. The van der Waals surface area contributed by atoms with Crippen molar-refractivity contribution in [1.29, 1.82) is 0 Å². The first-order valence-corrected chi connectivity index (χ1v) is 3.74. The summed E-state index contributed by atoms with van der Waals surface area (Å²) in [6.45, 7) is 6.32. The van der Waals surface area contributed by atoms with Gasteiger partial charge in [0, 0.05) is 12.2 Å². The van der Waals surface area contributed by atoms with Crippen LogP contribution in [-0.4, -0.2) is 25.2 Å². The van der Waals surface area contributed by atoms with E-state index in [2.05, 4.69) is 34.5 Å². The summed E-state index contributed by atoms with van der Waals surface area (Å²) in [5, 5.41) is 0. The lowest BCUT2D eigenvalue weighted by atomic mass is 10.6. The minimum Gasteiger partial charge on any atom is -0.449 e. The van der Waals surface area contributed by atoms with Crippen LogP contribution in [0.15, 0.2) is 25.3 Å². The molecule has 0 aromatic rings. The van der Waals surface area contributed by atoms with Crippen molar-refractivity contribution in [1.82, 2.24) is 0 Å². The van der Waals surface area contributed by atoms with E-state index in [-0.39, 0.29) is 13.2 Å². The van der Waals surface area contributed by atoms with E-state index in [9.17, 15) is 9.59 Å². The second kappa shape index (κ2) is 7.62. The number of carbonyl (C=O) groups excluding carboxylic acids is 2. The van der Waals surface area contributed by atoms with E-state index in [1.54, 1.807) is 0 Å². The van der Waals surface area contributed by atoms with Gasteiger partial charge >= 0.3 is 11.9 Å². The molecule has 0 aliphatic rings. The van der Waals surface area contributed by atoms with Crippen molar-refractivity contribution in [2.24, 2.45) is 0 Å². The Labute approximate surface area is 82.2 Å². The summed E-state index contributed by atoms with van der Waals surface area (Å²) < 4.78 is 9.07. The van der Waals surface area contributed by atoms with Gasteiger partial charge in [-0.15, -0.1) is 0 Å². The van der Waals surface area contributed by atoms with Crippen molar-refractivity contribution >= 4 is 11.9 Å². The quantitative estimate of drug-likeness (QED) is 0.370. The van der Waals surface area contributed by atoms with Gasteiger partial charge in [-0.05, 0) is 0 Å². The number of hydrogen-bond acceptors (Lipinski definition) is 4. The van der Waals surface area contributed by atoms with Crippen LogP contribution in [0.25, 0.3) is 0 Å². The van der Waals surface area contributed by atoms with Gasteiger partial charge in [0.05, 0.1) is 0 Å². The largest absolute Gasteiger partial charge is 0.449 e. The van der Waals surface area contributed by atoms with E-state index in [1.807, 2.05) is 0 Å². The Morgan fingerprint density at radius 3 is 1.64 bits per heavy atom. The van der Waals surface area contributed by atoms with E-state index in [4.69, 9.17) is 0 Å². The highest BCUT2D eigenvalue weighted by atomic mass is 16.5. The van der Waals surface area contributed by atoms with E-state index >= 15 is 0 Å². The van der Waals surface area contributed by atoms with Crippen LogP contribution in [0.5, 0.6) is 0 Å². The Morgan fingerprint density at radius 1 is 1.00 bits per heavy atom. The zero-order valence-corrected chi connectivity index (χ0v) is 7.62. The third-order valence-electron chi connectivity index (χ3n) is 1.03. The van der Waals surface area contributed by atoms with E-state index in [0.717, 1.165) is 12.2 Å². The normalized spacial score (nSPS) is 7.71. The molecule has 0 aromatic carbocycles. The van der Waals surface area contributed by atoms with Crippen LogP contribution in [0.1, 0.15) is 0 Å². The highest BCUT2D eigenvalue weighted by Crippen LogP contribution is 1.78. The molecule has 0 atom stereocenters. The van der Waals surface area contributed by atoms with Gasteiger partial charge in [-0.1, -0.05) is 25.0 Å². The number of carbonyl (C=O) groups is 2. The van der Waals surface area contributed by atoms with Crippen LogP contribution in [-0.2, 0) is 19.1 Å². The Bertz CT molecular complexity index is 265. The molecule has 0 saturated carbocycles. The molecule has 14 heavy (non-hydrogen) atoms. The summed E-state index contributed by atoms with van der Waals surface area (Å²) in [6, 6.07) is 0. The fourth-order valence-electron chi connectivity index (χ4n) is 0.434. The van der Waals surface area contributed by atoms with Crippen molar-refractivity contribution in [3.63, 3.8) is 0 Å². The van der Waals surface area contributed by atoms with E-state index in [1.165, 1.54) is 0 Å². The Hall–Kier alpha value is -2.02. The molecule has 0 amide bonds. The second-order valence-electron chi connectivity index (χ2n) is 1.98.